The molecule has 6 heteroatoms. The highest BCUT2D eigenvalue weighted by atomic mass is 19.1. The van der Waals surface area contributed by atoms with Gasteiger partial charge >= 0.3 is 0 Å². The Hall–Kier alpha value is -2.63. The maximum Gasteiger partial charge on any atom is 0.260 e. The van der Waals surface area contributed by atoms with E-state index in [2.05, 4.69) is 0 Å². The van der Waals surface area contributed by atoms with Crippen LogP contribution < -0.4 is 9.64 Å². The van der Waals surface area contributed by atoms with Gasteiger partial charge in [-0.25, -0.2) is 8.78 Å². The standard InChI is InChI=1S/C18H20F2N2O2/c1-21(2)15-7-4-13(5-8-15)11-22(3)18(23)12-24-17-9-6-14(19)10-16(17)20/h4-10H,11-12H2,1-3H3. The molecule has 0 heterocycles. The Labute approximate surface area is 140 Å². The quantitative estimate of drug-likeness (QED) is 0.814. The molecule has 0 aliphatic carbocycles. The smallest absolute Gasteiger partial charge is 0.260 e. The summed E-state index contributed by atoms with van der Waals surface area (Å²) in [5.41, 5.74) is 2.05. The molecule has 24 heavy (non-hydrogen) atoms. The maximum absolute atomic E-state index is 13.5. The monoisotopic (exact) mass is 334 g/mol. The van der Waals surface area contributed by atoms with Gasteiger partial charge in [0.25, 0.3) is 5.91 Å². The molecule has 0 saturated carbocycles. The number of ether oxygens (including phenoxy) is 1. The molecule has 0 aliphatic rings. The van der Waals surface area contributed by atoms with Crippen LogP contribution >= 0.6 is 0 Å². The minimum absolute atomic E-state index is 0.145. The molecule has 0 saturated heterocycles. The SMILES string of the molecule is CN(Cc1ccc(N(C)C)cc1)C(=O)COc1ccc(F)cc1F. The lowest BCUT2D eigenvalue weighted by Gasteiger charge is -2.19. The number of benzene rings is 2. The fourth-order valence-electron chi connectivity index (χ4n) is 2.10. The molecule has 0 radical (unpaired) electrons. The van der Waals surface area contributed by atoms with Crippen molar-refractivity contribution in [2.45, 2.75) is 6.54 Å². The zero-order valence-corrected chi connectivity index (χ0v) is 13.9. The third-order valence-corrected chi connectivity index (χ3v) is 3.54. The summed E-state index contributed by atoms with van der Waals surface area (Å²) >= 11 is 0. The molecule has 2 aromatic carbocycles. The van der Waals surface area contributed by atoms with Gasteiger partial charge in [0.05, 0.1) is 0 Å². The van der Waals surface area contributed by atoms with E-state index in [1.165, 1.54) is 4.90 Å². The van der Waals surface area contributed by atoms with Gasteiger partial charge in [0, 0.05) is 39.4 Å². The molecule has 0 fully saturated rings. The van der Waals surface area contributed by atoms with Crippen molar-refractivity contribution < 1.29 is 18.3 Å². The topological polar surface area (TPSA) is 32.8 Å². The van der Waals surface area contributed by atoms with E-state index in [0.29, 0.717) is 6.54 Å². The summed E-state index contributed by atoms with van der Waals surface area (Å²) in [6.07, 6.45) is 0. The van der Waals surface area contributed by atoms with Gasteiger partial charge in [0.1, 0.15) is 5.82 Å². The Balaban J connectivity index is 1.89. The maximum atomic E-state index is 13.5. The van der Waals surface area contributed by atoms with Crippen molar-refractivity contribution in [2.24, 2.45) is 0 Å². The van der Waals surface area contributed by atoms with Crippen LogP contribution in [-0.4, -0.2) is 38.6 Å². The van der Waals surface area contributed by atoms with Crippen molar-refractivity contribution in [1.29, 1.82) is 0 Å². The predicted molar refractivity (Wildman–Crippen MR) is 89.1 cm³/mol. The van der Waals surface area contributed by atoms with Crippen LogP contribution in [0.4, 0.5) is 14.5 Å². The van der Waals surface area contributed by atoms with Crippen molar-refractivity contribution in [1.82, 2.24) is 4.90 Å². The molecule has 2 aromatic rings. The largest absolute Gasteiger partial charge is 0.481 e. The number of carbonyl (C=O) groups excluding carboxylic acids is 1. The van der Waals surface area contributed by atoms with E-state index < -0.39 is 11.6 Å². The Morgan fingerprint density at radius 2 is 1.71 bits per heavy atom. The van der Waals surface area contributed by atoms with Gasteiger partial charge in [0.15, 0.2) is 18.2 Å². The van der Waals surface area contributed by atoms with E-state index in [-0.39, 0.29) is 18.3 Å². The molecule has 0 N–H and O–H groups in total. The second-order valence-electron chi connectivity index (χ2n) is 5.67. The van der Waals surface area contributed by atoms with Crippen molar-refractivity contribution in [3.63, 3.8) is 0 Å². The second-order valence-corrected chi connectivity index (χ2v) is 5.67. The molecule has 0 bridgehead atoms. The number of amides is 1. The fraction of sp³-hybridized carbons (Fsp3) is 0.278. The average Bonchev–Trinajstić information content (AvgIpc) is 2.54. The molecule has 0 aromatic heterocycles. The van der Waals surface area contributed by atoms with E-state index in [9.17, 15) is 13.6 Å². The van der Waals surface area contributed by atoms with Crippen LogP contribution in [0.3, 0.4) is 0 Å². The molecule has 0 atom stereocenters. The van der Waals surface area contributed by atoms with E-state index in [1.54, 1.807) is 7.05 Å². The summed E-state index contributed by atoms with van der Waals surface area (Å²) in [6, 6.07) is 10.8. The number of nitrogens with zero attached hydrogens (tertiary/aromatic N) is 2. The lowest BCUT2D eigenvalue weighted by Crippen LogP contribution is -2.31. The number of halogens is 2. The van der Waals surface area contributed by atoms with Gasteiger partial charge in [-0.05, 0) is 29.8 Å². The summed E-state index contributed by atoms with van der Waals surface area (Å²) in [5, 5.41) is 0. The van der Waals surface area contributed by atoms with Gasteiger partial charge in [0.2, 0.25) is 0 Å². The number of anilines is 1. The van der Waals surface area contributed by atoms with Crippen LogP contribution in [0.5, 0.6) is 5.75 Å². The van der Waals surface area contributed by atoms with Crippen molar-refractivity contribution in [2.75, 3.05) is 32.6 Å². The summed E-state index contributed by atoms with van der Waals surface area (Å²) in [5.74, 6) is -1.96. The molecule has 0 spiro atoms. The van der Waals surface area contributed by atoms with Crippen LogP contribution in [-0.2, 0) is 11.3 Å². The number of rotatable bonds is 6. The van der Waals surface area contributed by atoms with Crippen LogP contribution in [0, 0.1) is 11.6 Å². The van der Waals surface area contributed by atoms with Crippen molar-refractivity contribution in [3.05, 3.63) is 59.7 Å². The molecule has 0 unspecified atom stereocenters. The van der Waals surface area contributed by atoms with E-state index in [0.717, 1.165) is 29.4 Å². The first-order chi connectivity index (χ1) is 11.4. The number of likely N-dealkylation sites (N-methyl/N-ethyl adjacent to an activating group) is 1. The summed E-state index contributed by atoms with van der Waals surface area (Å²) in [4.78, 5) is 15.6. The lowest BCUT2D eigenvalue weighted by molar-refractivity contribution is -0.132. The molecular formula is C18H20F2N2O2. The van der Waals surface area contributed by atoms with Crippen LogP contribution in [0.1, 0.15) is 5.56 Å². The van der Waals surface area contributed by atoms with Crippen LogP contribution in [0.2, 0.25) is 0 Å². The average molecular weight is 334 g/mol. The molecule has 1 amide bonds. The third kappa shape index (κ3) is 4.68. The van der Waals surface area contributed by atoms with E-state index >= 15 is 0 Å². The highest BCUT2D eigenvalue weighted by Gasteiger charge is 2.12. The van der Waals surface area contributed by atoms with Gasteiger partial charge < -0.3 is 14.5 Å². The summed E-state index contributed by atoms with van der Waals surface area (Å²) < 4.78 is 31.4. The molecular weight excluding hydrogens is 314 g/mol. The first-order valence-electron chi connectivity index (χ1n) is 7.45. The molecule has 2 rings (SSSR count). The predicted octanol–water partition coefficient (Wildman–Crippen LogP) is 3.07. The minimum Gasteiger partial charge on any atom is -0.481 e. The zero-order chi connectivity index (χ0) is 17.7. The zero-order valence-electron chi connectivity index (χ0n) is 13.9. The first-order valence-corrected chi connectivity index (χ1v) is 7.45. The van der Waals surface area contributed by atoms with Gasteiger partial charge in [-0.15, -0.1) is 0 Å². The highest BCUT2D eigenvalue weighted by molar-refractivity contribution is 5.77. The Morgan fingerprint density at radius 3 is 2.29 bits per heavy atom. The van der Waals surface area contributed by atoms with Gasteiger partial charge in [-0.1, -0.05) is 12.1 Å². The minimum atomic E-state index is -0.829. The third-order valence-electron chi connectivity index (χ3n) is 3.54. The number of hydrogen-bond donors (Lipinski definition) is 0. The molecule has 128 valence electrons. The Kier molecular flexibility index (Phi) is 5.73. The highest BCUT2D eigenvalue weighted by Crippen LogP contribution is 2.18. The number of hydrogen-bond acceptors (Lipinski definition) is 3. The van der Waals surface area contributed by atoms with Gasteiger partial charge in [-0.3, -0.25) is 4.79 Å². The molecule has 0 aliphatic heterocycles. The van der Waals surface area contributed by atoms with Crippen LogP contribution in [0.25, 0.3) is 0 Å². The van der Waals surface area contributed by atoms with Gasteiger partial charge in [-0.2, -0.15) is 0 Å². The summed E-state index contributed by atoms with van der Waals surface area (Å²) in [6.45, 7) is 0.108. The van der Waals surface area contributed by atoms with Crippen LogP contribution in [0.15, 0.2) is 42.5 Å². The Morgan fingerprint density at radius 1 is 1.04 bits per heavy atom. The van der Waals surface area contributed by atoms with Crippen molar-refractivity contribution >= 4 is 11.6 Å². The van der Waals surface area contributed by atoms with E-state index in [4.69, 9.17) is 4.74 Å². The first kappa shape index (κ1) is 17.7. The lowest BCUT2D eigenvalue weighted by atomic mass is 10.2. The normalized spacial score (nSPS) is 10.4. The Bertz CT molecular complexity index is 703. The fourth-order valence-corrected chi connectivity index (χ4v) is 2.10. The summed E-state index contributed by atoms with van der Waals surface area (Å²) in [7, 11) is 5.56. The number of carbonyl (C=O) groups is 1. The van der Waals surface area contributed by atoms with E-state index in [1.807, 2.05) is 43.3 Å². The van der Waals surface area contributed by atoms with Crippen molar-refractivity contribution in [3.8, 4) is 5.75 Å². The second kappa shape index (κ2) is 7.77. The molecule has 4 nitrogen and oxygen atoms in total.